The molecule has 0 aliphatic carbocycles. The standard InChI is InChI=1S/C27H26N8O3/c1-16-10-23(33-27(37)38)32-17(2)21(16)12-29-24-22-14-35(34-25(22)31-15-30-24)13-19-7-5-18(6-8-19)11-20-4-3-9-28-26(20)36/h3-10,14-15H,11-13H2,1-2H3,(H,28,36)(H,32,33)(H,37,38)(H,29,30,31,34). The van der Waals surface area contributed by atoms with E-state index < -0.39 is 6.09 Å². The summed E-state index contributed by atoms with van der Waals surface area (Å²) in [5.74, 6) is 0.944. The number of carboxylic acid groups (broad SMARTS) is 1. The number of fused-ring (bicyclic) bond motifs is 1. The third kappa shape index (κ3) is 5.51. The number of nitrogens with zero attached hydrogens (tertiary/aromatic N) is 5. The molecule has 0 radical (unpaired) electrons. The fraction of sp³-hybridized carbons (Fsp3) is 0.185. The SMILES string of the molecule is Cc1cc(NC(=O)O)nc(C)c1CNc1ncnc2nn(Cc3ccc(Cc4ccc[nH]c4=O)cc3)cc12. The van der Waals surface area contributed by atoms with Gasteiger partial charge in [-0.25, -0.2) is 19.7 Å². The number of aryl methyl sites for hydroxylation is 2. The summed E-state index contributed by atoms with van der Waals surface area (Å²) < 4.78 is 1.83. The highest BCUT2D eigenvalue weighted by atomic mass is 16.4. The number of nitrogens with one attached hydrogen (secondary N) is 3. The molecule has 4 N–H and O–H groups in total. The summed E-state index contributed by atoms with van der Waals surface area (Å²) in [6.45, 7) is 4.77. The van der Waals surface area contributed by atoms with Crippen molar-refractivity contribution in [3.63, 3.8) is 0 Å². The highest BCUT2D eigenvalue weighted by Gasteiger charge is 2.12. The molecule has 0 saturated carbocycles. The lowest BCUT2D eigenvalue weighted by Crippen LogP contribution is -2.12. The number of rotatable bonds is 8. The molecule has 0 spiro atoms. The van der Waals surface area contributed by atoms with E-state index in [9.17, 15) is 9.59 Å². The van der Waals surface area contributed by atoms with Gasteiger partial charge in [-0.2, -0.15) is 5.10 Å². The Kier molecular flexibility index (Phi) is 6.81. The zero-order chi connectivity index (χ0) is 26.6. The summed E-state index contributed by atoms with van der Waals surface area (Å²) in [4.78, 5) is 38.6. The lowest BCUT2D eigenvalue weighted by atomic mass is 10.0. The Labute approximate surface area is 217 Å². The van der Waals surface area contributed by atoms with Crippen molar-refractivity contribution in [1.29, 1.82) is 0 Å². The van der Waals surface area contributed by atoms with Crippen LogP contribution in [0.4, 0.5) is 16.4 Å². The van der Waals surface area contributed by atoms with Crippen LogP contribution in [0.25, 0.3) is 11.0 Å². The van der Waals surface area contributed by atoms with Gasteiger partial charge in [0.2, 0.25) is 0 Å². The van der Waals surface area contributed by atoms with Gasteiger partial charge in [0.1, 0.15) is 18.0 Å². The molecule has 0 aliphatic rings. The molecule has 0 saturated heterocycles. The van der Waals surface area contributed by atoms with Crippen molar-refractivity contribution >= 4 is 28.8 Å². The molecule has 1 aromatic carbocycles. The van der Waals surface area contributed by atoms with E-state index in [0.717, 1.165) is 38.9 Å². The van der Waals surface area contributed by atoms with E-state index in [1.807, 2.05) is 61.1 Å². The molecule has 0 atom stereocenters. The Balaban J connectivity index is 1.29. The number of anilines is 2. The Morgan fingerprint density at radius 1 is 1.11 bits per heavy atom. The van der Waals surface area contributed by atoms with Crippen LogP contribution in [0.3, 0.4) is 0 Å². The largest absolute Gasteiger partial charge is 0.465 e. The zero-order valence-electron chi connectivity index (χ0n) is 20.9. The number of benzene rings is 1. The lowest BCUT2D eigenvalue weighted by molar-refractivity contribution is 0.209. The third-order valence-corrected chi connectivity index (χ3v) is 6.25. The molecule has 1 amide bonds. The van der Waals surface area contributed by atoms with Crippen molar-refractivity contribution in [2.24, 2.45) is 0 Å². The van der Waals surface area contributed by atoms with Crippen LogP contribution in [0.15, 0.2) is 66.0 Å². The monoisotopic (exact) mass is 510 g/mol. The molecule has 0 bridgehead atoms. The van der Waals surface area contributed by atoms with Gasteiger partial charge in [-0.05, 0) is 48.2 Å². The average Bonchev–Trinajstić information content (AvgIpc) is 3.29. The second kappa shape index (κ2) is 10.5. The van der Waals surface area contributed by atoms with Crippen LogP contribution in [-0.4, -0.2) is 40.9 Å². The summed E-state index contributed by atoms with van der Waals surface area (Å²) in [7, 11) is 0. The molecular weight excluding hydrogens is 484 g/mol. The minimum absolute atomic E-state index is 0.0703. The van der Waals surface area contributed by atoms with Crippen LogP contribution in [-0.2, 0) is 19.5 Å². The predicted octanol–water partition coefficient (Wildman–Crippen LogP) is 3.87. The quantitative estimate of drug-likeness (QED) is 0.246. The fourth-order valence-electron chi connectivity index (χ4n) is 4.34. The molecule has 11 nitrogen and oxygen atoms in total. The Morgan fingerprint density at radius 3 is 2.63 bits per heavy atom. The van der Waals surface area contributed by atoms with Crippen LogP contribution >= 0.6 is 0 Å². The first kappa shape index (κ1) is 24.6. The smallest absolute Gasteiger partial charge is 0.410 e. The maximum absolute atomic E-state index is 11.9. The fourth-order valence-corrected chi connectivity index (χ4v) is 4.34. The molecule has 38 heavy (non-hydrogen) atoms. The highest BCUT2D eigenvalue weighted by molar-refractivity contribution is 5.85. The minimum atomic E-state index is -1.15. The second-order valence-electron chi connectivity index (χ2n) is 8.98. The van der Waals surface area contributed by atoms with E-state index in [1.165, 1.54) is 6.33 Å². The summed E-state index contributed by atoms with van der Waals surface area (Å²) in [6, 6.07) is 13.5. The van der Waals surface area contributed by atoms with Crippen LogP contribution < -0.4 is 16.2 Å². The normalized spacial score (nSPS) is 11.0. The van der Waals surface area contributed by atoms with Crippen LogP contribution in [0.2, 0.25) is 0 Å². The van der Waals surface area contributed by atoms with E-state index in [-0.39, 0.29) is 5.56 Å². The van der Waals surface area contributed by atoms with Crippen molar-refractivity contribution in [3.8, 4) is 0 Å². The Hall–Kier alpha value is -5.06. The molecule has 192 valence electrons. The number of aromatic nitrogens is 6. The van der Waals surface area contributed by atoms with Crippen molar-refractivity contribution in [2.45, 2.75) is 33.4 Å². The van der Waals surface area contributed by atoms with Crippen molar-refractivity contribution in [1.82, 2.24) is 29.7 Å². The first-order valence-corrected chi connectivity index (χ1v) is 12.0. The second-order valence-corrected chi connectivity index (χ2v) is 8.98. The van der Waals surface area contributed by atoms with Crippen LogP contribution in [0.5, 0.6) is 0 Å². The third-order valence-electron chi connectivity index (χ3n) is 6.25. The molecule has 4 aromatic heterocycles. The number of hydrogen-bond acceptors (Lipinski definition) is 7. The summed E-state index contributed by atoms with van der Waals surface area (Å²) in [6.07, 6.45) is 4.43. The Bertz CT molecular complexity index is 1650. The van der Waals surface area contributed by atoms with Crippen molar-refractivity contribution in [2.75, 3.05) is 10.6 Å². The van der Waals surface area contributed by atoms with Gasteiger partial charge in [0.05, 0.1) is 11.9 Å². The zero-order valence-corrected chi connectivity index (χ0v) is 20.9. The molecule has 0 fully saturated rings. The maximum atomic E-state index is 11.9. The van der Waals surface area contributed by atoms with E-state index in [4.69, 9.17) is 5.11 Å². The molecular formula is C27H26N8O3. The predicted molar refractivity (Wildman–Crippen MR) is 143 cm³/mol. The van der Waals surface area contributed by atoms with E-state index in [1.54, 1.807) is 12.3 Å². The van der Waals surface area contributed by atoms with Gasteiger partial charge in [0, 0.05) is 36.6 Å². The van der Waals surface area contributed by atoms with E-state index >= 15 is 0 Å². The average molecular weight is 511 g/mol. The number of pyridine rings is 2. The summed E-state index contributed by atoms with van der Waals surface area (Å²) in [5, 5.41) is 20.0. The van der Waals surface area contributed by atoms with Crippen LogP contribution in [0.1, 0.15) is 33.5 Å². The molecule has 5 rings (SSSR count). The molecule has 0 aliphatic heterocycles. The van der Waals surface area contributed by atoms with Gasteiger partial charge in [-0.3, -0.25) is 14.8 Å². The van der Waals surface area contributed by atoms with Crippen molar-refractivity contribution in [3.05, 3.63) is 105 Å². The number of amides is 1. The molecule has 11 heteroatoms. The Morgan fingerprint density at radius 2 is 1.89 bits per heavy atom. The molecule has 0 unspecified atom stereocenters. The maximum Gasteiger partial charge on any atom is 0.410 e. The first-order chi connectivity index (χ1) is 18.4. The van der Waals surface area contributed by atoms with Crippen LogP contribution in [0, 0.1) is 13.8 Å². The lowest BCUT2D eigenvalue weighted by Gasteiger charge is -2.13. The highest BCUT2D eigenvalue weighted by Crippen LogP contribution is 2.22. The number of aromatic amines is 1. The number of hydrogen-bond donors (Lipinski definition) is 4. The van der Waals surface area contributed by atoms with E-state index in [0.29, 0.717) is 36.8 Å². The van der Waals surface area contributed by atoms with Gasteiger partial charge in [0.15, 0.2) is 5.65 Å². The summed E-state index contributed by atoms with van der Waals surface area (Å²) in [5.41, 5.74) is 5.95. The van der Waals surface area contributed by atoms with Gasteiger partial charge in [-0.15, -0.1) is 0 Å². The number of carbonyl (C=O) groups is 1. The van der Waals surface area contributed by atoms with Gasteiger partial charge in [-0.1, -0.05) is 30.3 Å². The molecule has 5 aromatic rings. The molecule has 4 heterocycles. The topological polar surface area (TPSA) is 151 Å². The number of H-pyrrole nitrogens is 1. The first-order valence-electron chi connectivity index (χ1n) is 12.0. The van der Waals surface area contributed by atoms with Gasteiger partial charge >= 0.3 is 6.09 Å². The summed E-state index contributed by atoms with van der Waals surface area (Å²) >= 11 is 0. The van der Waals surface area contributed by atoms with Gasteiger partial charge < -0.3 is 15.4 Å². The van der Waals surface area contributed by atoms with E-state index in [2.05, 4.69) is 35.7 Å². The van der Waals surface area contributed by atoms with Crippen molar-refractivity contribution < 1.29 is 9.90 Å². The van der Waals surface area contributed by atoms with Gasteiger partial charge in [0.25, 0.3) is 5.56 Å². The minimum Gasteiger partial charge on any atom is -0.465 e.